The van der Waals surface area contributed by atoms with E-state index in [1.807, 2.05) is 18.2 Å². The van der Waals surface area contributed by atoms with E-state index in [9.17, 15) is 4.79 Å². The highest BCUT2D eigenvalue weighted by atomic mass is 16.5. The van der Waals surface area contributed by atoms with E-state index in [1.165, 1.54) is 26.4 Å². The van der Waals surface area contributed by atoms with Gasteiger partial charge in [0.15, 0.2) is 11.5 Å². The van der Waals surface area contributed by atoms with Crippen LogP contribution in [-0.4, -0.2) is 26.8 Å². The molecule has 0 saturated carbocycles. The maximum Gasteiger partial charge on any atom is 0.309 e. The number of benzene rings is 1. The summed E-state index contributed by atoms with van der Waals surface area (Å²) in [5.74, 6) is 1.11. The molecule has 0 heterocycles. The van der Waals surface area contributed by atoms with Crippen molar-refractivity contribution in [1.82, 2.24) is 0 Å². The van der Waals surface area contributed by atoms with E-state index in [0.717, 1.165) is 17.7 Å². The lowest BCUT2D eigenvalue weighted by molar-refractivity contribution is -0.139. The van der Waals surface area contributed by atoms with Gasteiger partial charge in [-0.3, -0.25) is 4.79 Å². The molecule has 1 rings (SSSR count). The first kappa shape index (κ1) is 16.3. The van der Waals surface area contributed by atoms with E-state index in [1.54, 1.807) is 7.11 Å². The van der Waals surface area contributed by atoms with Crippen LogP contribution in [0.1, 0.15) is 38.2 Å². The molecule has 0 N–H and O–H groups in total. The third kappa shape index (κ3) is 5.51. The molecule has 1 aromatic carbocycles. The highest BCUT2D eigenvalue weighted by molar-refractivity contribution is 5.72. The minimum Gasteiger partial charge on any atom is -0.493 e. The number of ether oxygens (including phenoxy) is 3. The average molecular weight is 280 g/mol. The van der Waals surface area contributed by atoms with E-state index in [-0.39, 0.29) is 12.4 Å². The minimum atomic E-state index is -0.264. The van der Waals surface area contributed by atoms with Crippen molar-refractivity contribution in [2.24, 2.45) is 0 Å². The van der Waals surface area contributed by atoms with Gasteiger partial charge in [-0.2, -0.15) is 0 Å². The highest BCUT2D eigenvalue weighted by Crippen LogP contribution is 2.28. The lowest BCUT2D eigenvalue weighted by Crippen LogP contribution is -2.05. The Bertz CT molecular complexity index is 415. The van der Waals surface area contributed by atoms with Crippen molar-refractivity contribution >= 4 is 5.97 Å². The zero-order valence-corrected chi connectivity index (χ0v) is 12.6. The monoisotopic (exact) mass is 280 g/mol. The molecule has 0 spiro atoms. The molecule has 20 heavy (non-hydrogen) atoms. The van der Waals surface area contributed by atoms with E-state index in [4.69, 9.17) is 9.47 Å². The van der Waals surface area contributed by atoms with Crippen molar-refractivity contribution in [3.05, 3.63) is 23.8 Å². The lowest BCUT2D eigenvalue weighted by Gasteiger charge is -2.12. The van der Waals surface area contributed by atoms with Gasteiger partial charge in [0, 0.05) is 0 Å². The minimum absolute atomic E-state index is 0.240. The Hall–Kier alpha value is -1.71. The second-order valence-corrected chi connectivity index (χ2v) is 4.65. The van der Waals surface area contributed by atoms with E-state index in [0.29, 0.717) is 12.4 Å². The van der Waals surface area contributed by atoms with Crippen molar-refractivity contribution in [2.75, 3.05) is 20.8 Å². The Morgan fingerprint density at radius 2 is 1.90 bits per heavy atom. The number of hydrogen-bond donors (Lipinski definition) is 0. The molecular weight excluding hydrogens is 256 g/mol. The van der Waals surface area contributed by atoms with Crippen LogP contribution in [0.3, 0.4) is 0 Å². The molecular formula is C16H24O4. The van der Waals surface area contributed by atoms with Crippen LogP contribution in [0.25, 0.3) is 0 Å². The number of hydrogen-bond acceptors (Lipinski definition) is 4. The second-order valence-electron chi connectivity index (χ2n) is 4.65. The largest absolute Gasteiger partial charge is 0.493 e. The zero-order valence-electron chi connectivity index (χ0n) is 12.6. The van der Waals surface area contributed by atoms with E-state index in [2.05, 4.69) is 11.7 Å². The second kappa shape index (κ2) is 9.23. The third-order valence-corrected chi connectivity index (χ3v) is 3.06. The van der Waals surface area contributed by atoms with Crippen LogP contribution in [0, 0.1) is 0 Å². The van der Waals surface area contributed by atoms with Gasteiger partial charge in [0.25, 0.3) is 0 Å². The van der Waals surface area contributed by atoms with E-state index < -0.39 is 0 Å². The van der Waals surface area contributed by atoms with Gasteiger partial charge in [-0.05, 0) is 24.1 Å². The van der Waals surface area contributed by atoms with Gasteiger partial charge >= 0.3 is 5.97 Å². The summed E-state index contributed by atoms with van der Waals surface area (Å²) in [5, 5.41) is 0. The van der Waals surface area contributed by atoms with Gasteiger partial charge in [-0.25, -0.2) is 0 Å². The van der Waals surface area contributed by atoms with Crippen LogP contribution in [-0.2, 0) is 16.0 Å². The molecule has 4 heteroatoms. The predicted octanol–water partition coefficient (Wildman–Crippen LogP) is 3.37. The topological polar surface area (TPSA) is 44.8 Å². The van der Waals surface area contributed by atoms with Crippen LogP contribution in [0.4, 0.5) is 0 Å². The molecule has 0 radical (unpaired) electrons. The summed E-state index contributed by atoms with van der Waals surface area (Å²) in [6.45, 7) is 2.87. The predicted molar refractivity (Wildman–Crippen MR) is 78.4 cm³/mol. The Balaban J connectivity index is 2.56. The molecule has 0 amide bonds. The highest BCUT2D eigenvalue weighted by Gasteiger charge is 2.09. The van der Waals surface area contributed by atoms with Gasteiger partial charge < -0.3 is 14.2 Å². The van der Waals surface area contributed by atoms with Crippen LogP contribution < -0.4 is 9.47 Å². The quantitative estimate of drug-likeness (QED) is 0.514. The van der Waals surface area contributed by atoms with Crippen molar-refractivity contribution in [3.8, 4) is 11.5 Å². The van der Waals surface area contributed by atoms with Gasteiger partial charge in [0.1, 0.15) is 0 Å². The normalized spacial score (nSPS) is 10.2. The van der Waals surface area contributed by atoms with Gasteiger partial charge in [-0.15, -0.1) is 0 Å². The fourth-order valence-electron chi connectivity index (χ4n) is 1.89. The number of carbonyl (C=O) groups is 1. The number of unbranched alkanes of at least 4 members (excludes halogenated alkanes) is 3. The Kier molecular flexibility index (Phi) is 7.55. The Labute approximate surface area is 121 Å². The number of esters is 1. The lowest BCUT2D eigenvalue weighted by atomic mass is 10.1. The number of rotatable bonds is 9. The summed E-state index contributed by atoms with van der Waals surface area (Å²) in [4.78, 5) is 11.2. The van der Waals surface area contributed by atoms with Gasteiger partial charge in [0.2, 0.25) is 0 Å². The molecule has 0 aliphatic rings. The molecule has 0 unspecified atom stereocenters. The summed E-state index contributed by atoms with van der Waals surface area (Å²) >= 11 is 0. The van der Waals surface area contributed by atoms with E-state index >= 15 is 0 Å². The molecule has 0 aliphatic carbocycles. The van der Waals surface area contributed by atoms with Crippen LogP contribution >= 0.6 is 0 Å². The third-order valence-electron chi connectivity index (χ3n) is 3.06. The van der Waals surface area contributed by atoms with Crippen molar-refractivity contribution < 1.29 is 19.0 Å². The molecule has 112 valence electrons. The molecule has 0 aromatic heterocycles. The standard InChI is InChI=1S/C16H24O4/c1-4-5-6-7-10-20-14-9-8-13(11-15(14)18-2)12-16(17)19-3/h8-9,11H,4-7,10,12H2,1-3H3. The summed E-state index contributed by atoms with van der Waals surface area (Å²) in [7, 11) is 2.98. The SMILES string of the molecule is CCCCCCOc1ccc(CC(=O)OC)cc1OC. The first-order chi connectivity index (χ1) is 9.71. The molecule has 0 fully saturated rings. The molecule has 4 nitrogen and oxygen atoms in total. The van der Waals surface area contributed by atoms with Gasteiger partial charge in [-0.1, -0.05) is 32.3 Å². The Morgan fingerprint density at radius 1 is 1.10 bits per heavy atom. The summed E-state index contributed by atoms with van der Waals surface area (Å²) < 4.78 is 15.7. The molecule has 0 atom stereocenters. The fraction of sp³-hybridized carbons (Fsp3) is 0.562. The maximum absolute atomic E-state index is 11.2. The first-order valence-corrected chi connectivity index (χ1v) is 7.07. The number of methoxy groups -OCH3 is 2. The van der Waals surface area contributed by atoms with Crippen LogP contribution in [0.15, 0.2) is 18.2 Å². The number of carbonyl (C=O) groups excluding carboxylic acids is 1. The molecule has 0 bridgehead atoms. The molecule has 1 aromatic rings. The van der Waals surface area contributed by atoms with Crippen LogP contribution in [0.5, 0.6) is 11.5 Å². The van der Waals surface area contributed by atoms with Crippen molar-refractivity contribution in [1.29, 1.82) is 0 Å². The fourth-order valence-corrected chi connectivity index (χ4v) is 1.89. The smallest absolute Gasteiger partial charge is 0.309 e. The zero-order chi connectivity index (χ0) is 14.8. The summed E-state index contributed by atoms with van der Waals surface area (Å²) in [6.07, 6.45) is 4.91. The average Bonchev–Trinajstić information content (AvgIpc) is 2.47. The molecule has 0 aliphatic heterocycles. The summed E-state index contributed by atoms with van der Waals surface area (Å²) in [6, 6.07) is 5.52. The summed E-state index contributed by atoms with van der Waals surface area (Å²) in [5.41, 5.74) is 0.854. The van der Waals surface area contributed by atoms with Crippen molar-refractivity contribution in [3.63, 3.8) is 0 Å². The Morgan fingerprint density at radius 3 is 2.55 bits per heavy atom. The first-order valence-electron chi connectivity index (χ1n) is 7.07. The van der Waals surface area contributed by atoms with Gasteiger partial charge in [0.05, 0.1) is 27.2 Å². The van der Waals surface area contributed by atoms with Crippen molar-refractivity contribution in [2.45, 2.75) is 39.0 Å². The van der Waals surface area contributed by atoms with Crippen LogP contribution in [0.2, 0.25) is 0 Å². The molecule has 0 saturated heterocycles. The maximum atomic E-state index is 11.2.